The third kappa shape index (κ3) is 2.94. The van der Waals surface area contributed by atoms with Crippen molar-refractivity contribution in [3.8, 4) is 22.6 Å². The van der Waals surface area contributed by atoms with Gasteiger partial charge in [-0.2, -0.15) is 0 Å². The van der Waals surface area contributed by atoms with E-state index in [0.717, 1.165) is 22.4 Å². The predicted molar refractivity (Wildman–Crippen MR) is 121 cm³/mol. The van der Waals surface area contributed by atoms with E-state index in [1.807, 2.05) is 54.6 Å². The van der Waals surface area contributed by atoms with Gasteiger partial charge in [0, 0.05) is 17.0 Å². The van der Waals surface area contributed by atoms with Gasteiger partial charge in [-0.25, -0.2) is 0 Å². The molecule has 2 aliphatic rings. The number of carbonyl (C=O) groups excluding carboxylic acids is 1. The molecule has 4 aromatic rings. The van der Waals surface area contributed by atoms with E-state index in [-0.39, 0.29) is 23.7 Å². The lowest BCUT2D eigenvalue weighted by atomic mass is 9.83. The van der Waals surface area contributed by atoms with Gasteiger partial charge in [0.15, 0.2) is 0 Å². The number of benzene rings is 3. The Bertz CT molecular complexity index is 1460. The van der Waals surface area contributed by atoms with Gasteiger partial charge in [-0.3, -0.25) is 9.59 Å². The number of esters is 1. The fraction of sp³-hybridized carbons (Fsp3) is 0.111. The van der Waals surface area contributed by atoms with Gasteiger partial charge in [-0.15, -0.1) is 0 Å². The van der Waals surface area contributed by atoms with Crippen LogP contribution >= 0.6 is 0 Å². The Morgan fingerprint density at radius 1 is 0.844 bits per heavy atom. The van der Waals surface area contributed by atoms with Crippen molar-refractivity contribution in [1.82, 2.24) is 0 Å². The molecule has 0 saturated carbocycles. The van der Waals surface area contributed by atoms with E-state index in [0.29, 0.717) is 34.5 Å². The monoisotopic (exact) mass is 422 g/mol. The van der Waals surface area contributed by atoms with Crippen molar-refractivity contribution in [2.24, 2.45) is 0 Å². The summed E-state index contributed by atoms with van der Waals surface area (Å²) in [5.74, 6) is 0.625. The molecule has 6 rings (SSSR count). The first kappa shape index (κ1) is 18.6. The number of para-hydroxylation sites is 1. The van der Waals surface area contributed by atoms with E-state index in [9.17, 15) is 9.59 Å². The van der Waals surface area contributed by atoms with E-state index in [4.69, 9.17) is 13.9 Å². The smallest absolute Gasteiger partial charge is 0.312 e. The predicted octanol–water partition coefficient (Wildman–Crippen LogP) is 5.33. The quantitative estimate of drug-likeness (QED) is 0.323. The topological polar surface area (TPSA) is 65.7 Å². The highest BCUT2D eigenvalue weighted by Crippen LogP contribution is 2.44. The van der Waals surface area contributed by atoms with Gasteiger partial charge in [-0.1, -0.05) is 48.5 Å². The Kier molecular flexibility index (Phi) is 4.21. The first-order valence-electron chi connectivity index (χ1n) is 10.5. The molecule has 3 aromatic carbocycles. The lowest BCUT2D eigenvalue weighted by molar-refractivity contribution is -0.135. The van der Waals surface area contributed by atoms with E-state index in [1.165, 1.54) is 6.26 Å². The molecule has 0 aliphatic carbocycles. The first-order chi connectivity index (χ1) is 15.7. The SMILES string of the molecule is O=C1C[C@H](C2=Cc3ccccc3OC2)c2c(ccc3c(=O)c(-c4ccccc4)coc23)O1. The second-order valence-electron chi connectivity index (χ2n) is 7.98. The largest absolute Gasteiger partial charge is 0.489 e. The van der Waals surface area contributed by atoms with Gasteiger partial charge in [0.25, 0.3) is 0 Å². The standard InChI is InChI=1S/C27H18O5/c28-24-13-20(18-12-17-8-4-5-9-22(17)30-14-18)25-23(32-24)11-10-19-26(29)21(15-31-27(19)25)16-6-2-1-3-7-16/h1-12,15,20H,13-14H2/t20-/m1/s1. The van der Waals surface area contributed by atoms with Crippen molar-refractivity contribution in [1.29, 1.82) is 0 Å². The molecular weight excluding hydrogens is 404 g/mol. The Hall–Kier alpha value is -4.12. The molecule has 0 unspecified atom stereocenters. The van der Waals surface area contributed by atoms with E-state index < -0.39 is 0 Å². The van der Waals surface area contributed by atoms with Crippen molar-refractivity contribution >= 4 is 23.0 Å². The van der Waals surface area contributed by atoms with Crippen LogP contribution in [0.1, 0.15) is 23.5 Å². The third-order valence-corrected chi connectivity index (χ3v) is 6.07. The summed E-state index contributed by atoms with van der Waals surface area (Å²) < 4.78 is 17.5. The zero-order chi connectivity index (χ0) is 21.7. The molecule has 0 spiro atoms. The number of ether oxygens (including phenoxy) is 2. The molecule has 0 amide bonds. The average molecular weight is 422 g/mol. The highest BCUT2D eigenvalue weighted by molar-refractivity contribution is 5.90. The molecule has 0 saturated heterocycles. The molecule has 3 heterocycles. The zero-order valence-corrected chi connectivity index (χ0v) is 17.0. The number of rotatable bonds is 2. The van der Waals surface area contributed by atoms with Crippen LogP contribution in [0.5, 0.6) is 11.5 Å². The molecule has 2 aliphatic heterocycles. The molecule has 0 N–H and O–H groups in total. The molecule has 156 valence electrons. The van der Waals surface area contributed by atoms with Crippen molar-refractivity contribution in [2.45, 2.75) is 12.3 Å². The van der Waals surface area contributed by atoms with Crippen LogP contribution in [0.2, 0.25) is 0 Å². The number of hydrogen-bond acceptors (Lipinski definition) is 5. The summed E-state index contributed by atoms with van der Waals surface area (Å²) in [5.41, 5.74) is 4.25. The molecule has 5 heteroatoms. The maximum absolute atomic E-state index is 13.3. The summed E-state index contributed by atoms with van der Waals surface area (Å²) in [6, 6.07) is 20.6. The molecule has 32 heavy (non-hydrogen) atoms. The molecule has 5 nitrogen and oxygen atoms in total. The van der Waals surface area contributed by atoms with Crippen molar-refractivity contribution in [3.05, 3.63) is 99.9 Å². The fourth-order valence-corrected chi connectivity index (χ4v) is 4.52. The van der Waals surface area contributed by atoms with Crippen molar-refractivity contribution in [2.75, 3.05) is 6.61 Å². The fourth-order valence-electron chi connectivity index (χ4n) is 4.52. The van der Waals surface area contributed by atoms with Crippen LogP contribution in [0.15, 0.2) is 87.8 Å². The molecular formula is C27H18O5. The van der Waals surface area contributed by atoms with Crippen LogP contribution in [0.3, 0.4) is 0 Å². The average Bonchev–Trinajstić information content (AvgIpc) is 2.83. The van der Waals surface area contributed by atoms with Gasteiger partial charge in [0.05, 0.1) is 17.4 Å². The Morgan fingerprint density at radius 2 is 1.66 bits per heavy atom. The number of carbonyl (C=O) groups is 1. The molecule has 1 aromatic heterocycles. The molecule has 1 atom stereocenters. The first-order valence-corrected chi connectivity index (χ1v) is 10.5. The minimum Gasteiger partial charge on any atom is -0.489 e. The molecule has 0 radical (unpaired) electrons. The summed E-state index contributed by atoms with van der Waals surface area (Å²) in [7, 11) is 0. The van der Waals surface area contributed by atoms with Gasteiger partial charge in [0.2, 0.25) is 5.43 Å². The Labute approximate surface area is 183 Å². The zero-order valence-electron chi connectivity index (χ0n) is 17.0. The summed E-state index contributed by atoms with van der Waals surface area (Å²) in [5, 5.41) is 0.464. The van der Waals surface area contributed by atoms with Crippen LogP contribution < -0.4 is 14.9 Å². The Morgan fingerprint density at radius 3 is 2.53 bits per heavy atom. The second-order valence-corrected chi connectivity index (χ2v) is 7.98. The Balaban J connectivity index is 1.54. The van der Waals surface area contributed by atoms with Gasteiger partial charge in [-0.05, 0) is 35.4 Å². The van der Waals surface area contributed by atoms with Gasteiger partial charge in [0.1, 0.15) is 30.0 Å². The van der Waals surface area contributed by atoms with Crippen LogP contribution in [-0.4, -0.2) is 12.6 Å². The van der Waals surface area contributed by atoms with Gasteiger partial charge < -0.3 is 13.9 Å². The second kappa shape index (κ2) is 7.24. The normalized spacial score (nSPS) is 17.1. The van der Waals surface area contributed by atoms with Gasteiger partial charge >= 0.3 is 5.97 Å². The highest BCUT2D eigenvalue weighted by Gasteiger charge is 2.34. The molecule has 0 fully saturated rings. The van der Waals surface area contributed by atoms with E-state index in [1.54, 1.807) is 12.1 Å². The minimum atomic E-state index is -0.315. The van der Waals surface area contributed by atoms with Crippen LogP contribution in [-0.2, 0) is 4.79 Å². The molecule has 0 bridgehead atoms. The van der Waals surface area contributed by atoms with E-state index >= 15 is 0 Å². The highest BCUT2D eigenvalue weighted by atomic mass is 16.5. The summed E-state index contributed by atoms with van der Waals surface area (Å²) in [6.07, 6.45) is 3.71. The lowest BCUT2D eigenvalue weighted by Crippen LogP contribution is -2.25. The summed E-state index contributed by atoms with van der Waals surface area (Å²) in [4.78, 5) is 25.7. The van der Waals surface area contributed by atoms with Crippen molar-refractivity contribution < 1.29 is 18.7 Å². The maximum atomic E-state index is 13.3. The lowest BCUT2D eigenvalue weighted by Gasteiger charge is -2.29. The van der Waals surface area contributed by atoms with Crippen LogP contribution in [0, 0.1) is 0 Å². The van der Waals surface area contributed by atoms with Crippen molar-refractivity contribution in [3.63, 3.8) is 0 Å². The maximum Gasteiger partial charge on any atom is 0.312 e. The summed E-state index contributed by atoms with van der Waals surface area (Å²) in [6.45, 7) is 0.358. The minimum absolute atomic E-state index is 0.116. The van der Waals surface area contributed by atoms with Crippen LogP contribution in [0.25, 0.3) is 28.2 Å². The van der Waals surface area contributed by atoms with E-state index in [2.05, 4.69) is 6.08 Å². The summed E-state index contributed by atoms with van der Waals surface area (Å²) >= 11 is 0. The number of fused-ring (bicyclic) bond motifs is 4. The third-order valence-electron chi connectivity index (χ3n) is 6.07. The number of hydrogen-bond donors (Lipinski definition) is 0. The van der Waals surface area contributed by atoms with Crippen LogP contribution in [0.4, 0.5) is 0 Å².